The number of sulfonamides is 1. The number of nitrogens with one attached hydrogen (secondary N) is 3. The lowest BCUT2D eigenvalue weighted by atomic mass is 9.97. The van der Waals surface area contributed by atoms with Crippen molar-refractivity contribution in [3.8, 4) is 0 Å². The van der Waals surface area contributed by atoms with E-state index in [-0.39, 0.29) is 29.4 Å². The first kappa shape index (κ1) is 24.5. The summed E-state index contributed by atoms with van der Waals surface area (Å²) in [5, 5.41) is 7.55. The van der Waals surface area contributed by atoms with Crippen LogP contribution in [0.1, 0.15) is 39.0 Å². The van der Waals surface area contributed by atoms with Crippen LogP contribution in [-0.4, -0.2) is 76.7 Å². The molecular formula is C25H33N7O3S. The third-order valence-corrected chi connectivity index (χ3v) is 9.19. The number of carbonyl (C=O) groups is 1. The minimum Gasteiger partial charge on any atom is -0.375 e. The zero-order valence-electron chi connectivity index (χ0n) is 20.5. The van der Waals surface area contributed by atoms with Gasteiger partial charge in [-0.1, -0.05) is 18.6 Å². The molecule has 10 nitrogen and oxygen atoms in total. The Hall–Kier alpha value is -3.18. The lowest BCUT2D eigenvalue weighted by molar-refractivity contribution is -0.132. The SMILES string of the molecule is CC1C(Nc2ncnc3[nH]ccc23)CCCN1C(=O)CNc1ccccc1S(=O)(=O)N1CCCCC1. The molecule has 1 aromatic carbocycles. The minimum atomic E-state index is -3.61. The molecule has 0 bridgehead atoms. The summed E-state index contributed by atoms with van der Waals surface area (Å²) in [6.07, 6.45) is 7.95. The van der Waals surface area contributed by atoms with Crippen molar-refractivity contribution >= 4 is 38.5 Å². The van der Waals surface area contributed by atoms with Gasteiger partial charge in [0, 0.05) is 37.9 Å². The standard InChI is InChI=1S/C25H33N7O3S/c1-18-20(30-25-19-11-12-26-24(19)28-17-29-25)9-7-15-32(18)23(33)16-27-21-8-3-4-10-22(21)36(34,35)31-13-5-2-6-14-31/h3-4,8,10-12,17-18,20,27H,2,5-7,9,13-16H2,1H3,(H2,26,28,29,30). The molecule has 192 valence electrons. The molecule has 2 atom stereocenters. The lowest BCUT2D eigenvalue weighted by Gasteiger charge is -2.40. The third-order valence-electron chi connectivity index (χ3n) is 7.23. The molecule has 1 amide bonds. The fraction of sp³-hybridized carbons (Fsp3) is 0.480. The van der Waals surface area contributed by atoms with Crippen molar-refractivity contribution in [3.63, 3.8) is 0 Å². The van der Waals surface area contributed by atoms with E-state index in [0.29, 0.717) is 25.3 Å². The predicted molar refractivity (Wildman–Crippen MR) is 139 cm³/mol. The number of fused-ring (bicyclic) bond motifs is 1. The molecular weight excluding hydrogens is 478 g/mol. The number of hydrogen-bond acceptors (Lipinski definition) is 7. The number of rotatable bonds is 7. The maximum atomic E-state index is 13.3. The van der Waals surface area contributed by atoms with Crippen LogP contribution in [-0.2, 0) is 14.8 Å². The van der Waals surface area contributed by atoms with Crippen LogP contribution in [0.3, 0.4) is 0 Å². The molecule has 0 aliphatic carbocycles. The number of H-pyrrole nitrogens is 1. The number of likely N-dealkylation sites (tertiary alicyclic amines) is 1. The number of hydrogen-bond donors (Lipinski definition) is 3. The van der Waals surface area contributed by atoms with Crippen molar-refractivity contribution < 1.29 is 13.2 Å². The largest absolute Gasteiger partial charge is 0.375 e. The van der Waals surface area contributed by atoms with Gasteiger partial charge in [-0.15, -0.1) is 0 Å². The summed E-state index contributed by atoms with van der Waals surface area (Å²) in [4.78, 5) is 27.1. The smallest absolute Gasteiger partial charge is 0.245 e. The second-order valence-electron chi connectivity index (χ2n) is 9.50. The molecule has 2 aromatic heterocycles. The monoisotopic (exact) mass is 511 g/mol. The molecule has 3 N–H and O–H groups in total. The van der Waals surface area contributed by atoms with Gasteiger partial charge in [-0.2, -0.15) is 4.31 Å². The topological polar surface area (TPSA) is 123 Å². The van der Waals surface area contributed by atoms with Gasteiger partial charge in [-0.3, -0.25) is 4.79 Å². The van der Waals surface area contributed by atoms with Crippen LogP contribution < -0.4 is 10.6 Å². The van der Waals surface area contributed by atoms with Crippen molar-refractivity contribution in [2.75, 3.05) is 36.8 Å². The van der Waals surface area contributed by atoms with E-state index < -0.39 is 10.0 Å². The summed E-state index contributed by atoms with van der Waals surface area (Å²) in [7, 11) is -3.61. The number of aromatic amines is 1. The predicted octanol–water partition coefficient (Wildman–Crippen LogP) is 3.04. The number of benzene rings is 1. The van der Waals surface area contributed by atoms with Crippen LogP contribution in [0.15, 0.2) is 47.8 Å². The molecule has 5 rings (SSSR count). The number of piperidine rings is 2. The second kappa shape index (κ2) is 10.4. The zero-order chi connectivity index (χ0) is 25.1. The van der Waals surface area contributed by atoms with Crippen molar-refractivity contribution in [1.29, 1.82) is 0 Å². The van der Waals surface area contributed by atoms with Crippen molar-refractivity contribution in [2.24, 2.45) is 0 Å². The fourth-order valence-electron chi connectivity index (χ4n) is 5.21. The molecule has 2 unspecified atom stereocenters. The van der Waals surface area contributed by atoms with E-state index in [1.807, 2.05) is 24.1 Å². The average Bonchev–Trinajstić information content (AvgIpc) is 3.39. The molecule has 2 aliphatic rings. The van der Waals surface area contributed by atoms with Gasteiger partial charge in [-0.25, -0.2) is 18.4 Å². The molecule has 11 heteroatoms. The highest BCUT2D eigenvalue weighted by molar-refractivity contribution is 7.89. The van der Waals surface area contributed by atoms with E-state index in [0.717, 1.165) is 49.0 Å². The van der Waals surface area contributed by atoms with Gasteiger partial charge < -0.3 is 20.5 Å². The molecule has 2 fully saturated rings. The summed E-state index contributed by atoms with van der Waals surface area (Å²) in [5.41, 5.74) is 1.23. The first-order valence-electron chi connectivity index (χ1n) is 12.6. The normalized spacial score (nSPS) is 21.4. The first-order valence-corrected chi connectivity index (χ1v) is 14.1. The van der Waals surface area contributed by atoms with Crippen molar-refractivity contribution in [2.45, 2.75) is 56.0 Å². The lowest BCUT2D eigenvalue weighted by Crippen LogP contribution is -2.53. The molecule has 36 heavy (non-hydrogen) atoms. The van der Waals surface area contributed by atoms with E-state index in [1.54, 1.807) is 28.6 Å². The molecule has 0 saturated carbocycles. The number of anilines is 2. The zero-order valence-corrected chi connectivity index (χ0v) is 21.3. The van der Waals surface area contributed by atoms with Crippen molar-refractivity contribution in [1.82, 2.24) is 24.2 Å². The third kappa shape index (κ3) is 4.90. The number of amides is 1. The minimum absolute atomic E-state index is 0.0269. The number of carbonyl (C=O) groups excluding carboxylic acids is 1. The summed E-state index contributed by atoms with van der Waals surface area (Å²) in [6, 6.07) is 8.78. The molecule has 0 radical (unpaired) electrons. The molecule has 3 aromatic rings. The fourth-order valence-corrected chi connectivity index (χ4v) is 6.89. The maximum Gasteiger partial charge on any atom is 0.245 e. The van der Waals surface area contributed by atoms with Crippen LogP contribution in [0.5, 0.6) is 0 Å². The van der Waals surface area contributed by atoms with Crippen LogP contribution in [0.2, 0.25) is 0 Å². The summed E-state index contributed by atoms with van der Waals surface area (Å²) in [5.74, 6) is 0.691. The van der Waals surface area contributed by atoms with Gasteiger partial charge in [0.1, 0.15) is 22.7 Å². The Morgan fingerprint density at radius 2 is 1.89 bits per heavy atom. The van der Waals surface area contributed by atoms with Crippen LogP contribution in [0, 0.1) is 0 Å². The summed E-state index contributed by atoms with van der Waals surface area (Å²) in [6.45, 7) is 3.81. The van der Waals surface area contributed by atoms with Gasteiger partial charge in [-0.05, 0) is 50.8 Å². The Bertz CT molecular complexity index is 1320. The Balaban J connectivity index is 1.26. The Morgan fingerprint density at radius 1 is 1.08 bits per heavy atom. The average molecular weight is 512 g/mol. The number of para-hydroxylation sites is 1. The van der Waals surface area contributed by atoms with Gasteiger partial charge in [0.2, 0.25) is 15.9 Å². The van der Waals surface area contributed by atoms with E-state index in [1.165, 1.54) is 6.33 Å². The van der Waals surface area contributed by atoms with Crippen molar-refractivity contribution in [3.05, 3.63) is 42.9 Å². The quantitative estimate of drug-likeness (QED) is 0.445. The van der Waals surface area contributed by atoms with Crippen LogP contribution >= 0.6 is 0 Å². The van der Waals surface area contributed by atoms with Gasteiger partial charge in [0.15, 0.2) is 0 Å². The highest BCUT2D eigenvalue weighted by Crippen LogP contribution is 2.28. The highest BCUT2D eigenvalue weighted by Gasteiger charge is 2.32. The Morgan fingerprint density at radius 3 is 2.72 bits per heavy atom. The second-order valence-corrected chi connectivity index (χ2v) is 11.4. The Kier molecular flexibility index (Phi) is 7.10. The molecule has 2 saturated heterocycles. The summed E-state index contributed by atoms with van der Waals surface area (Å²) < 4.78 is 28.1. The number of nitrogens with zero attached hydrogens (tertiary/aromatic N) is 4. The number of aromatic nitrogens is 3. The highest BCUT2D eigenvalue weighted by atomic mass is 32.2. The first-order chi connectivity index (χ1) is 17.4. The van der Waals surface area contributed by atoms with Crippen LogP contribution in [0.25, 0.3) is 11.0 Å². The van der Waals surface area contributed by atoms with Gasteiger partial charge in [0.25, 0.3) is 0 Å². The Labute approximate surface area is 211 Å². The maximum absolute atomic E-state index is 13.3. The summed E-state index contributed by atoms with van der Waals surface area (Å²) >= 11 is 0. The van der Waals surface area contributed by atoms with E-state index in [4.69, 9.17) is 0 Å². The van der Waals surface area contributed by atoms with Crippen LogP contribution in [0.4, 0.5) is 11.5 Å². The van der Waals surface area contributed by atoms with Gasteiger partial charge in [0.05, 0.1) is 17.6 Å². The molecule has 4 heterocycles. The van der Waals surface area contributed by atoms with E-state index in [2.05, 4.69) is 25.6 Å². The van der Waals surface area contributed by atoms with E-state index >= 15 is 0 Å². The molecule has 2 aliphatic heterocycles. The van der Waals surface area contributed by atoms with E-state index in [9.17, 15) is 13.2 Å². The molecule has 0 spiro atoms. The van der Waals surface area contributed by atoms with Gasteiger partial charge >= 0.3 is 0 Å².